The minimum absolute atomic E-state index is 0. The molecule has 0 aliphatic rings. The molecule has 0 radical (unpaired) electrons. The van der Waals surface area contributed by atoms with Gasteiger partial charge in [-0.3, -0.25) is 9.79 Å². The highest BCUT2D eigenvalue weighted by Crippen LogP contribution is 2.17. The number of rotatable bonds is 8. The molecule has 0 aliphatic carbocycles. The number of carbonyl (C=O) groups is 1. The Labute approximate surface area is 189 Å². The number of thiophene rings is 1. The van der Waals surface area contributed by atoms with Crippen LogP contribution in [0.15, 0.2) is 46.1 Å². The van der Waals surface area contributed by atoms with Crippen molar-refractivity contribution >= 4 is 47.2 Å². The molecule has 3 N–H and O–H groups in total. The van der Waals surface area contributed by atoms with Crippen LogP contribution in [0.5, 0.6) is 0 Å². The van der Waals surface area contributed by atoms with Crippen LogP contribution in [0.1, 0.15) is 54.6 Å². The summed E-state index contributed by atoms with van der Waals surface area (Å²) in [7, 11) is 1.77. The maximum atomic E-state index is 12.1. The van der Waals surface area contributed by atoms with Crippen molar-refractivity contribution in [3.8, 4) is 0 Å². The lowest BCUT2D eigenvalue weighted by atomic mass is 10.1. The zero-order valence-corrected chi connectivity index (χ0v) is 20.1. The average molecular weight is 514 g/mol. The van der Waals surface area contributed by atoms with Crippen LogP contribution in [0, 0.1) is 0 Å². The van der Waals surface area contributed by atoms with Gasteiger partial charge in [0.1, 0.15) is 0 Å². The second-order valence-electron chi connectivity index (χ2n) is 6.74. The molecule has 2 atom stereocenters. The van der Waals surface area contributed by atoms with Gasteiger partial charge < -0.3 is 16.0 Å². The van der Waals surface area contributed by atoms with Gasteiger partial charge in [-0.1, -0.05) is 26.0 Å². The lowest BCUT2D eigenvalue weighted by molar-refractivity contribution is 0.0939. The monoisotopic (exact) mass is 514 g/mol. The fraction of sp³-hybridized carbons (Fsp3) is 0.429. The largest absolute Gasteiger partial charge is 0.356 e. The highest BCUT2D eigenvalue weighted by atomic mass is 127. The van der Waals surface area contributed by atoms with Crippen LogP contribution >= 0.6 is 35.3 Å². The Kier molecular flexibility index (Phi) is 11.1. The third kappa shape index (κ3) is 7.79. The fourth-order valence-electron chi connectivity index (χ4n) is 2.51. The summed E-state index contributed by atoms with van der Waals surface area (Å²) in [4.78, 5) is 16.4. The third-order valence-electron chi connectivity index (χ3n) is 4.58. The number of carbonyl (C=O) groups excluding carboxylic acids is 1. The first kappa shape index (κ1) is 24.4. The zero-order valence-electron chi connectivity index (χ0n) is 17.0. The molecular weight excluding hydrogens is 483 g/mol. The molecule has 154 valence electrons. The normalized spacial score (nSPS) is 13.2. The Hall–Kier alpha value is -1.61. The Bertz CT molecular complexity index is 731. The van der Waals surface area contributed by atoms with Gasteiger partial charge >= 0.3 is 0 Å². The summed E-state index contributed by atoms with van der Waals surface area (Å²) in [5, 5.41) is 13.9. The van der Waals surface area contributed by atoms with Crippen molar-refractivity contribution in [2.45, 2.75) is 45.7 Å². The number of benzene rings is 1. The van der Waals surface area contributed by atoms with Gasteiger partial charge in [-0.05, 0) is 59.3 Å². The number of guanidine groups is 1. The van der Waals surface area contributed by atoms with Crippen molar-refractivity contribution in [1.82, 2.24) is 16.0 Å². The first-order valence-corrected chi connectivity index (χ1v) is 10.3. The smallest absolute Gasteiger partial charge is 0.251 e. The zero-order chi connectivity index (χ0) is 19.6. The molecule has 1 aromatic heterocycles. The fourth-order valence-corrected chi connectivity index (χ4v) is 3.29. The Morgan fingerprint density at radius 2 is 1.86 bits per heavy atom. The minimum atomic E-state index is -0.0243. The Balaban J connectivity index is 0.00000392. The maximum Gasteiger partial charge on any atom is 0.251 e. The number of aliphatic imine (C=N–C) groups is 1. The summed E-state index contributed by atoms with van der Waals surface area (Å²) in [6, 6.07) is 10.0. The van der Waals surface area contributed by atoms with E-state index in [1.165, 1.54) is 5.56 Å². The first-order valence-electron chi connectivity index (χ1n) is 9.39. The van der Waals surface area contributed by atoms with E-state index in [9.17, 15) is 4.79 Å². The number of halogens is 1. The van der Waals surface area contributed by atoms with Gasteiger partial charge in [-0.15, -0.1) is 24.0 Å². The van der Waals surface area contributed by atoms with Crippen molar-refractivity contribution in [1.29, 1.82) is 0 Å². The summed E-state index contributed by atoms with van der Waals surface area (Å²) >= 11 is 1.72. The molecule has 0 saturated heterocycles. The number of hydrogen-bond donors (Lipinski definition) is 3. The van der Waals surface area contributed by atoms with Crippen molar-refractivity contribution in [3.05, 3.63) is 57.8 Å². The second-order valence-corrected chi connectivity index (χ2v) is 7.52. The van der Waals surface area contributed by atoms with Crippen LogP contribution in [0.3, 0.4) is 0 Å². The van der Waals surface area contributed by atoms with E-state index in [1.54, 1.807) is 18.4 Å². The van der Waals surface area contributed by atoms with Crippen LogP contribution in [0.25, 0.3) is 0 Å². The molecule has 0 saturated carbocycles. The molecule has 1 aromatic carbocycles. The SMILES string of the molecule is CCC(C)NC(=O)c1ccc(CNC(=NC)NCC(C)c2ccsc2)cc1.I. The van der Waals surface area contributed by atoms with E-state index in [2.05, 4.69) is 51.6 Å². The number of amides is 1. The van der Waals surface area contributed by atoms with E-state index in [4.69, 9.17) is 0 Å². The summed E-state index contributed by atoms with van der Waals surface area (Å²) < 4.78 is 0. The predicted molar refractivity (Wildman–Crippen MR) is 130 cm³/mol. The molecule has 2 aromatic rings. The number of nitrogens with one attached hydrogen (secondary N) is 3. The maximum absolute atomic E-state index is 12.1. The molecule has 7 heteroatoms. The molecule has 28 heavy (non-hydrogen) atoms. The molecule has 1 heterocycles. The van der Waals surface area contributed by atoms with Crippen LogP contribution in [0.4, 0.5) is 0 Å². The molecule has 0 fully saturated rings. The predicted octanol–water partition coefficient (Wildman–Crippen LogP) is 4.36. The average Bonchev–Trinajstić information content (AvgIpc) is 3.23. The Morgan fingerprint density at radius 1 is 1.14 bits per heavy atom. The molecule has 0 spiro atoms. The standard InChI is InChI=1S/C21H30N4OS.HI/c1-5-16(3)25-20(26)18-8-6-17(7-9-18)13-24-21(22-4)23-12-15(2)19-10-11-27-14-19;/h6-11,14-16H,5,12-13H2,1-4H3,(H,25,26)(H2,22,23,24);1H. The van der Waals surface area contributed by atoms with Gasteiger partial charge in [-0.25, -0.2) is 0 Å². The van der Waals surface area contributed by atoms with E-state index in [1.807, 2.05) is 31.2 Å². The van der Waals surface area contributed by atoms with Gasteiger partial charge in [0.15, 0.2) is 5.96 Å². The van der Waals surface area contributed by atoms with E-state index in [0.717, 1.165) is 24.5 Å². The van der Waals surface area contributed by atoms with Gasteiger partial charge in [0.2, 0.25) is 0 Å². The number of hydrogen-bond acceptors (Lipinski definition) is 3. The third-order valence-corrected chi connectivity index (χ3v) is 5.28. The lowest BCUT2D eigenvalue weighted by Crippen LogP contribution is -2.38. The molecule has 0 bridgehead atoms. The van der Waals surface area contributed by atoms with Gasteiger partial charge in [0, 0.05) is 31.7 Å². The second kappa shape index (κ2) is 12.8. The topological polar surface area (TPSA) is 65.5 Å². The van der Waals surface area contributed by atoms with Crippen molar-refractivity contribution in [2.75, 3.05) is 13.6 Å². The van der Waals surface area contributed by atoms with E-state index >= 15 is 0 Å². The highest BCUT2D eigenvalue weighted by Gasteiger charge is 2.09. The molecule has 2 unspecified atom stereocenters. The van der Waals surface area contributed by atoms with Gasteiger partial charge in [0.25, 0.3) is 5.91 Å². The van der Waals surface area contributed by atoms with E-state index < -0.39 is 0 Å². The van der Waals surface area contributed by atoms with Gasteiger partial charge in [0.05, 0.1) is 0 Å². The van der Waals surface area contributed by atoms with Crippen LogP contribution in [-0.4, -0.2) is 31.5 Å². The van der Waals surface area contributed by atoms with Crippen LogP contribution < -0.4 is 16.0 Å². The number of nitrogens with zero attached hydrogens (tertiary/aromatic N) is 1. The molecule has 1 amide bonds. The lowest BCUT2D eigenvalue weighted by Gasteiger charge is -2.16. The van der Waals surface area contributed by atoms with Crippen LogP contribution in [0.2, 0.25) is 0 Å². The molecular formula is C21H31IN4OS. The molecule has 5 nitrogen and oxygen atoms in total. The first-order chi connectivity index (χ1) is 13.0. The van der Waals surface area contributed by atoms with Crippen LogP contribution in [-0.2, 0) is 6.54 Å². The summed E-state index contributed by atoms with van der Waals surface area (Å²) in [6.45, 7) is 7.74. The molecule has 0 aliphatic heterocycles. The highest BCUT2D eigenvalue weighted by molar-refractivity contribution is 14.0. The van der Waals surface area contributed by atoms with E-state index in [0.29, 0.717) is 18.0 Å². The summed E-state index contributed by atoms with van der Waals surface area (Å²) in [6.07, 6.45) is 0.922. The summed E-state index contributed by atoms with van der Waals surface area (Å²) in [5.74, 6) is 1.18. The van der Waals surface area contributed by atoms with E-state index in [-0.39, 0.29) is 35.9 Å². The molecule has 2 rings (SSSR count). The van der Waals surface area contributed by atoms with Crippen molar-refractivity contribution in [3.63, 3.8) is 0 Å². The minimum Gasteiger partial charge on any atom is -0.356 e. The van der Waals surface area contributed by atoms with Gasteiger partial charge in [-0.2, -0.15) is 11.3 Å². The quantitative estimate of drug-likeness (QED) is 0.279. The van der Waals surface area contributed by atoms with Crippen molar-refractivity contribution < 1.29 is 4.79 Å². The Morgan fingerprint density at radius 3 is 2.43 bits per heavy atom. The van der Waals surface area contributed by atoms with Crippen molar-refractivity contribution in [2.24, 2.45) is 4.99 Å². The summed E-state index contributed by atoms with van der Waals surface area (Å²) in [5.41, 5.74) is 3.13.